The number of H-pyrrole nitrogens is 1. The Balaban J connectivity index is 1.75. The van der Waals surface area contributed by atoms with Gasteiger partial charge in [0.15, 0.2) is 5.16 Å². The fourth-order valence-corrected chi connectivity index (χ4v) is 2.80. The molecule has 0 bridgehead atoms. The van der Waals surface area contributed by atoms with E-state index in [4.69, 9.17) is 10.5 Å². The van der Waals surface area contributed by atoms with Gasteiger partial charge in [-0.05, 0) is 31.2 Å². The molecule has 0 saturated carbocycles. The molecular weight excluding hydrogens is 284 g/mol. The zero-order valence-electron chi connectivity index (χ0n) is 11.7. The van der Waals surface area contributed by atoms with E-state index in [0.29, 0.717) is 12.4 Å². The highest BCUT2D eigenvalue weighted by molar-refractivity contribution is 7.98. The summed E-state index contributed by atoms with van der Waals surface area (Å²) in [6, 6.07) is 11.5. The van der Waals surface area contributed by atoms with Crippen LogP contribution in [0.1, 0.15) is 12.6 Å². The number of pyridine rings is 1. The highest BCUT2D eigenvalue weighted by Gasteiger charge is 2.06. The fraction of sp³-hybridized carbons (Fsp3) is 0.200. The van der Waals surface area contributed by atoms with Crippen LogP contribution in [0.4, 0.5) is 5.82 Å². The number of aromatic nitrogens is 3. The lowest BCUT2D eigenvalue weighted by Crippen LogP contribution is -1.93. The molecule has 0 amide bonds. The van der Waals surface area contributed by atoms with E-state index in [1.807, 2.05) is 37.3 Å². The molecule has 0 unspecified atom stereocenters. The lowest BCUT2D eigenvalue weighted by Gasteiger charge is -2.00. The number of fused-ring (bicyclic) bond motifs is 1. The van der Waals surface area contributed by atoms with E-state index in [2.05, 4.69) is 15.0 Å². The van der Waals surface area contributed by atoms with Gasteiger partial charge in [0.1, 0.15) is 11.6 Å². The van der Waals surface area contributed by atoms with Crippen LogP contribution in [0.5, 0.6) is 5.75 Å². The Morgan fingerprint density at radius 2 is 2.14 bits per heavy atom. The Morgan fingerprint density at radius 1 is 1.24 bits per heavy atom. The zero-order chi connectivity index (χ0) is 14.7. The first-order chi connectivity index (χ1) is 10.2. The Hall–Kier alpha value is -2.21. The van der Waals surface area contributed by atoms with Crippen LogP contribution >= 0.6 is 11.8 Å². The maximum Gasteiger partial charge on any atom is 0.166 e. The first kappa shape index (κ1) is 13.8. The number of hydrogen-bond donors (Lipinski definition) is 2. The standard InChI is InChI=1S/C15H16N4OS/c1-2-20-11-6-7-12-13(8-11)19-15(18-12)21-9-10-4-3-5-14(16)17-10/h3-8H,2,9H2,1H3,(H2,16,17)(H,18,19). The van der Waals surface area contributed by atoms with Crippen molar-refractivity contribution in [3.05, 3.63) is 42.1 Å². The highest BCUT2D eigenvalue weighted by atomic mass is 32.2. The van der Waals surface area contributed by atoms with Gasteiger partial charge in [0.05, 0.1) is 23.3 Å². The second kappa shape index (κ2) is 6.05. The summed E-state index contributed by atoms with van der Waals surface area (Å²) in [7, 11) is 0. The summed E-state index contributed by atoms with van der Waals surface area (Å²) in [6.07, 6.45) is 0. The molecule has 2 aromatic heterocycles. The molecule has 0 aliphatic heterocycles. The third-order valence-electron chi connectivity index (χ3n) is 2.93. The maximum absolute atomic E-state index is 5.68. The number of aromatic amines is 1. The molecule has 0 aliphatic carbocycles. The predicted octanol–water partition coefficient (Wildman–Crippen LogP) is 3.23. The van der Waals surface area contributed by atoms with Gasteiger partial charge in [0.2, 0.25) is 0 Å². The number of benzene rings is 1. The number of anilines is 1. The number of hydrogen-bond acceptors (Lipinski definition) is 5. The van der Waals surface area contributed by atoms with E-state index in [0.717, 1.165) is 33.4 Å². The van der Waals surface area contributed by atoms with Crippen molar-refractivity contribution in [2.45, 2.75) is 17.8 Å². The fourth-order valence-electron chi connectivity index (χ4n) is 2.01. The van der Waals surface area contributed by atoms with Crippen LogP contribution in [-0.2, 0) is 5.75 Å². The average molecular weight is 300 g/mol. The molecule has 0 radical (unpaired) electrons. The molecule has 3 aromatic rings. The third kappa shape index (κ3) is 3.28. The summed E-state index contributed by atoms with van der Waals surface area (Å²) in [5.41, 5.74) is 8.52. The lowest BCUT2D eigenvalue weighted by atomic mass is 10.3. The quantitative estimate of drug-likeness (QED) is 0.707. The van der Waals surface area contributed by atoms with Crippen LogP contribution in [0.15, 0.2) is 41.6 Å². The predicted molar refractivity (Wildman–Crippen MR) is 85.5 cm³/mol. The van der Waals surface area contributed by atoms with Crippen molar-refractivity contribution in [3.63, 3.8) is 0 Å². The van der Waals surface area contributed by atoms with Gasteiger partial charge in [-0.2, -0.15) is 0 Å². The molecule has 3 N–H and O–H groups in total. The number of thioether (sulfide) groups is 1. The third-order valence-corrected chi connectivity index (χ3v) is 3.83. The highest BCUT2D eigenvalue weighted by Crippen LogP contribution is 2.25. The summed E-state index contributed by atoms with van der Waals surface area (Å²) in [6.45, 7) is 2.62. The first-order valence-electron chi connectivity index (χ1n) is 6.71. The van der Waals surface area contributed by atoms with Crippen LogP contribution in [0.2, 0.25) is 0 Å². The van der Waals surface area contributed by atoms with E-state index in [1.165, 1.54) is 0 Å². The Morgan fingerprint density at radius 3 is 2.95 bits per heavy atom. The number of nitrogens with two attached hydrogens (primary N) is 1. The van der Waals surface area contributed by atoms with Gasteiger partial charge >= 0.3 is 0 Å². The molecule has 2 heterocycles. The average Bonchev–Trinajstić information content (AvgIpc) is 2.88. The van der Waals surface area contributed by atoms with Crippen molar-refractivity contribution in [2.24, 2.45) is 0 Å². The van der Waals surface area contributed by atoms with Crippen molar-refractivity contribution >= 4 is 28.6 Å². The molecule has 1 aromatic carbocycles. The summed E-state index contributed by atoms with van der Waals surface area (Å²) >= 11 is 1.60. The molecule has 108 valence electrons. The number of rotatable bonds is 5. The largest absolute Gasteiger partial charge is 0.494 e. The molecule has 0 aliphatic rings. The second-order valence-corrected chi connectivity index (χ2v) is 5.46. The van der Waals surface area contributed by atoms with Gasteiger partial charge < -0.3 is 15.5 Å². The van der Waals surface area contributed by atoms with E-state index >= 15 is 0 Å². The summed E-state index contributed by atoms with van der Waals surface area (Å²) in [4.78, 5) is 12.1. The van der Waals surface area contributed by atoms with Crippen molar-refractivity contribution in [1.29, 1.82) is 0 Å². The number of nitrogens with zero attached hydrogens (tertiary/aromatic N) is 2. The molecule has 0 atom stereocenters. The van der Waals surface area contributed by atoms with Gasteiger partial charge in [0.25, 0.3) is 0 Å². The molecule has 0 fully saturated rings. The van der Waals surface area contributed by atoms with Gasteiger partial charge in [-0.3, -0.25) is 0 Å². The smallest absolute Gasteiger partial charge is 0.166 e. The van der Waals surface area contributed by atoms with Crippen molar-refractivity contribution in [2.75, 3.05) is 12.3 Å². The van der Waals surface area contributed by atoms with Crippen molar-refractivity contribution in [1.82, 2.24) is 15.0 Å². The summed E-state index contributed by atoms with van der Waals surface area (Å²) in [5.74, 6) is 2.12. The number of ether oxygens (including phenoxy) is 1. The molecule has 5 nitrogen and oxygen atoms in total. The molecule has 6 heteroatoms. The number of nitrogen functional groups attached to an aromatic ring is 1. The van der Waals surface area contributed by atoms with Crippen molar-refractivity contribution in [3.8, 4) is 5.75 Å². The minimum Gasteiger partial charge on any atom is -0.494 e. The Bertz CT molecular complexity index is 756. The van der Waals surface area contributed by atoms with Gasteiger partial charge in [0, 0.05) is 11.8 Å². The van der Waals surface area contributed by atoms with Crippen LogP contribution in [0, 0.1) is 0 Å². The van der Waals surface area contributed by atoms with Crippen LogP contribution < -0.4 is 10.5 Å². The van der Waals surface area contributed by atoms with Crippen LogP contribution in [-0.4, -0.2) is 21.6 Å². The van der Waals surface area contributed by atoms with E-state index in [1.54, 1.807) is 17.8 Å². The minimum absolute atomic E-state index is 0.541. The topological polar surface area (TPSA) is 76.8 Å². The lowest BCUT2D eigenvalue weighted by molar-refractivity contribution is 0.340. The number of nitrogens with one attached hydrogen (secondary N) is 1. The monoisotopic (exact) mass is 300 g/mol. The zero-order valence-corrected chi connectivity index (χ0v) is 12.5. The molecular formula is C15H16N4OS. The Kier molecular flexibility index (Phi) is 3.96. The molecule has 0 spiro atoms. The molecule has 3 rings (SSSR count). The normalized spacial score (nSPS) is 10.9. The minimum atomic E-state index is 0.541. The molecule has 21 heavy (non-hydrogen) atoms. The van der Waals surface area contributed by atoms with Gasteiger partial charge in [-0.25, -0.2) is 9.97 Å². The van der Waals surface area contributed by atoms with Gasteiger partial charge in [-0.1, -0.05) is 17.8 Å². The SMILES string of the molecule is CCOc1ccc2nc(SCc3cccc(N)n3)[nH]c2c1. The second-order valence-electron chi connectivity index (χ2n) is 4.50. The van der Waals surface area contributed by atoms with Crippen LogP contribution in [0.3, 0.4) is 0 Å². The van der Waals surface area contributed by atoms with Crippen LogP contribution in [0.25, 0.3) is 11.0 Å². The van der Waals surface area contributed by atoms with E-state index in [9.17, 15) is 0 Å². The van der Waals surface area contributed by atoms with Crippen molar-refractivity contribution < 1.29 is 4.74 Å². The number of imidazole rings is 1. The Labute approximate surface area is 126 Å². The van der Waals surface area contributed by atoms with E-state index < -0.39 is 0 Å². The van der Waals surface area contributed by atoms with Gasteiger partial charge in [-0.15, -0.1) is 0 Å². The summed E-state index contributed by atoms with van der Waals surface area (Å²) < 4.78 is 5.49. The first-order valence-corrected chi connectivity index (χ1v) is 7.70. The van der Waals surface area contributed by atoms with E-state index in [-0.39, 0.29) is 0 Å². The molecule has 0 saturated heterocycles. The maximum atomic E-state index is 5.68. The summed E-state index contributed by atoms with van der Waals surface area (Å²) in [5, 5.41) is 0.864.